The summed E-state index contributed by atoms with van der Waals surface area (Å²) < 4.78 is 37.4. The van der Waals surface area contributed by atoms with Gasteiger partial charge in [0.2, 0.25) is 0 Å². The predicted molar refractivity (Wildman–Crippen MR) is 135 cm³/mol. The highest BCUT2D eigenvalue weighted by atomic mass is 32.2. The number of aromatic nitrogens is 4. The van der Waals surface area contributed by atoms with Crippen LogP contribution in [0.5, 0.6) is 5.75 Å². The van der Waals surface area contributed by atoms with Crippen LogP contribution in [0.25, 0.3) is 11.4 Å². The first kappa shape index (κ1) is 26.5. The van der Waals surface area contributed by atoms with Gasteiger partial charge in [0.1, 0.15) is 11.4 Å². The fourth-order valence-corrected chi connectivity index (χ4v) is 6.11. The molecule has 0 amide bonds. The maximum absolute atomic E-state index is 12.8. The zero-order valence-electron chi connectivity index (χ0n) is 21.2. The zero-order chi connectivity index (χ0) is 25.9. The molecule has 0 aliphatic heterocycles. The van der Waals surface area contributed by atoms with Gasteiger partial charge in [-0.3, -0.25) is 9.48 Å². The number of ether oxygens (including phenoxy) is 1. The monoisotopic (exact) mass is 522 g/mol. The minimum atomic E-state index is -3.65. The number of aryl methyl sites for hydroxylation is 2. The fraction of sp³-hybridized carbons (Fsp3) is 0.667. The number of pyridine rings is 1. The number of hydrogen-bond acceptors (Lipinski definition) is 7. The number of carbonyl (C=O) groups is 1. The molecule has 11 nitrogen and oxygen atoms in total. The van der Waals surface area contributed by atoms with Crippen LogP contribution in [-0.4, -0.2) is 63.5 Å². The normalized spacial score (nSPS) is 21.2. The molecule has 0 aromatic carbocycles. The third-order valence-electron chi connectivity index (χ3n) is 7.31. The average molecular weight is 523 g/mol. The Morgan fingerprint density at radius 2 is 2.00 bits per heavy atom. The Bertz CT molecular complexity index is 1180. The van der Waals surface area contributed by atoms with Gasteiger partial charge >= 0.3 is 5.97 Å². The summed E-state index contributed by atoms with van der Waals surface area (Å²) in [6, 6.07) is 3.58. The lowest BCUT2D eigenvalue weighted by Gasteiger charge is -2.27. The van der Waals surface area contributed by atoms with E-state index in [2.05, 4.69) is 20.0 Å². The van der Waals surface area contributed by atoms with Crippen molar-refractivity contribution >= 4 is 16.2 Å². The molecular formula is C24H38N6O5S. The summed E-state index contributed by atoms with van der Waals surface area (Å²) in [6.07, 6.45) is 7.11. The van der Waals surface area contributed by atoms with Crippen molar-refractivity contribution in [1.82, 2.24) is 29.0 Å². The molecule has 2 aliphatic rings. The Labute approximate surface area is 213 Å². The number of hydrogen-bond donors (Lipinski definition) is 2. The molecule has 200 valence electrons. The van der Waals surface area contributed by atoms with Crippen molar-refractivity contribution in [3.8, 4) is 17.1 Å². The molecule has 2 saturated carbocycles. The molecule has 2 heterocycles. The van der Waals surface area contributed by atoms with Crippen molar-refractivity contribution in [3.05, 3.63) is 23.5 Å². The van der Waals surface area contributed by atoms with E-state index in [-0.39, 0.29) is 20.0 Å². The summed E-state index contributed by atoms with van der Waals surface area (Å²) in [7, 11) is -0.324. The first-order chi connectivity index (χ1) is 17.1. The molecule has 0 saturated heterocycles. The van der Waals surface area contributed by atoms with Crippen LogP contribution in [0.15, 0.2) is 12.1 Å². The summed E-state index contributed by atoms with van der Waals surface area (Å²) in [5.41, 5.74) is 2.31. The van der Waals surface area contributed by atoms with Gasteiger partial charge in [-0.05, 0) is 63.5 Å². The molecule has 36 heavy (non-hydrogen) atoms. The van der Waals surface area contributed by atoms with E-state index in [9.17, 15) is 18.3 Å². The Balaban J connectivity index is 0.00000380. The molecule has 2 fully saturated rings. The first-order valence-electron chi connectivity index (χ1n) is 12.6. The molecule has 2 atom stereocenters. The van der Waals surface area contributed by atoms with E-state index in [1.165, 1.54) is 4.31 Å². The quantitative estimate of drug-likeness (QED) is 0.485. The highest BCUT2D eigenvalue weighted by Gasteiger charge is 2.29. The molecule has 4 rings (SSSR count). The van der Waals surface area contributed by atoms with Crippen LogP contribution in [0.1, 0.15) is 64.2 Å². The van der Waals surface area contributed by atoms with E-state index in [4.69, 9.17) is 4.74 Å². The minimum Gasteiger partial charge on any atom is -0.489 e. The van der Waals surface area contributed by atoms with E-state index in [0.29, 0.717) is 53.8 Å². The molecular weight excluding hydrogens is 484 g/mol. The third kappa shape index (κ3) is 6.22. The molecule has 1 unspecified atom stereocenters. The molecule has 0 spiro atoms. The first-order valence-corrected chi connectivity index (χ1v) is 14.0. The smallest absolute Gasteiger partial charge is 0.306 e. The maximum atomic E-state index is 12.8. The molecule has 2 aromatic rings. The topological polar surface area (TPSA) is 140 Å². The van der Waals surface area contributed by atoms with Gasteiger partial charge in [-0.25, -0.2) is 4.98 Å². The third-order valence-corrected chi connectivity index (χ3v) is 8.79. The Morgan fingerprint density at radius 1 is 1.25 bits per heavy atom. The van der Waals surface area contributed by atoms with E-state index < -0.39 is 16.2 Å². The molecule has 12 heteroatoms. The zero-order valence-corrected chi connectivity index (χ0v) is 22.0. The van der Waals surface area contributed by atoms with Gasteiger partial charge in [0.25, 0.3) is 10.2 Å². The Morgan fingerprint density at radius 3 is 2.69 bits per heavy atom. The van der Waals surface area contributed by atoms with Gasteiger partial charge in [-0.2, -0.15) is 17.4 Å². The van der Waals surface area contributed by atoms with Crippen molar-refractivity contribution in [1.29, 1.82) is 0 Å². The second-order valence-electron chi connectivity index (χ2n) is 9.99. The summed E-state index contributed by atoms with van der Waals surface area (Å²) in [4.78, 5) is 16.0. The number of carboxylic acid groups (broad SMARTS) is 1. The van der Waals surface area contributed by atoms with Gasteiger partial charge in [0.15, 0.2) is 0 Å². The molecule has 0 bridgehead atoms. The van der Waals surface area contributed by atoms with E-state index >= 15 is 0 Å². The molecule has 2 aromatic heterocycles. The second kappa shape index (κ2) is 11.2. The van der Waals surface area contributed by atoms with Gasteiger partial charge < -0.3 is 9.84 Å². The molecule has 2 N–H and O–H groups in total. The lowest BCUT2D eigenvalue weighted by Crippen LogP contribution is -2.40. The lowest BCUT2D eigenvalue weighted by atomic mass is 9.87. The van der Waals surface area contributed by atoms with Crippen LogP contribution in [0.2, 0.25) is 0 Å². The second-order valence-corrected chi connectivity index (χ2v) is 11.8. The van der Waals surface area contributed by atoms with Crippen LogP contribution in [0.4, 0.5) is 0 Å². The number of nitrogens with one attached hydrogen (secondary N) is 1. The van der Waals surface area contributed by atoms with Gasteiger partial charge in [0, 0.05) is 22.1 Å². The number of nitrogens with zero attached hydrogens (tertiary/aromatic N) is 5. The van der Waals surface area contributed by atoms with Crippen LogP contribution in [-0.2, 0) is 28.6 Å². The van der Waals surface area contributed by atoms with Gasteiger partial charge in [0.05, 0.1) is 35.6 Å². The van der Waals surface area contributed by atoms with Crippen molar-refractivity contribution in [3.63, 3.8) is 0 Å². The molecule has 2 aliphatic carbocycles. The largest absolute Gasteiger partial charge is 0.489 e. The summed E-state index contributed by atoms with van der Waals surface area (Å²) >= 11 is 0. The fourth-order valence-electron chi connectivity index (χ4n) is 5.16. The van der Waals surface area contributed by atoms with Crippen molar-refractivity contribution in [2.24, 2.45) is 18.9 Å². The van der Waals surface area contributed by atoms with Crippen molar-refractivity contribution in [2.75, 3.05) is 13.6 Å². The van der Waals surface area contributed by atoms with Crippen LogP contribution < -0.4 is 9.46 Å². The Kier molecular flexibility index (Phi) is 8.26. The van der Waals surface area contributed by atoms with Crippen LogP contribution in [0, 0.1) is 18.8 Å². The highest BCUT2D eigenvalue weighted by Crippen LogP contribution is 2.30. The predicted octanol–water partition coefficient (Wildman–Crippen LogP) is 2.91. The van der Waals surface area contributed by atoms with E-state index in [1.807, 2.05) is 6.92 Å². The number of aliphatic carboxylic acids is 1. The Hall–Kier alpha value is -2.57. The van der Waals surface area contributed by atoms with Crippen LogP contribution in [0.3, 0.4) is 0 Å². The summed E-state index contributed by atoms with van der Waals surface area (Å²) in [6.45, 7) is 2.38. The van der Waals surface area contributed by atoms with Crippen LogP contribution >= 0.6 is 0 Å². The van der Waals surface area contributed by atoms with Crippen molar-refractivity contribution in [2.45, 2.75) is 70.9 Å². The average Bonchev–Trinajstić information content (AvgIpc) is 3.48. The summed E-state index contributed by atoms with van der Waals surface area (Å²) in [5, 5.41) is 17.6. The number of carboxylic acids is 1. The van der Waals surface area contributed by atoms with Gasteiger partial charge in [-0.15, -0.1) is 5.10 Å². The van der Waals surface area contributed by atoms with Crippen molar-refractivity contribution < 1.29 is 24.5 Å². The lowest BCUT2D eigenvalue weighted by molar-refractivity contribution is -0.143. The summed E-state index contributed by atoms with van der Waals surface area (Å²) in [5.74, 6) is -0.130. The maximum Gasteiger partial charge on any atom is 0.306 e. The number of rotatable bonds is 10. The highest BCUT2D eigenvalue weighted by molar-refractivity contribution is 7.87. The SMILES string of the molecule is Cc1nc(-c2nnn(C)c2CNS(=O)(=O)N(C)CC2CCCC2)ccc1O[C@H]1CCCC(C(=O)O)C1.[HH]. The van der Waals surface area contributed by atoms with Gasteiger partial charge in [-0.1, -0.05) is 18.1 Å². The van der Waals surface area contributed by atoms with E-state index in [0.717, 1.165) is 38.5 Å². The van der Waals surface area contributed by atoms with E-state index in [1.54, 1.807) is 30.9 Å². The standard InChI is InChI=1S/C24H36N6O5S.H2/c1-16-22(35-19-10-6-9-18(13-19)24(31)32)12-11-20(26-16)23-21(30(3)28-27-23)14-25-36(33,34)29(2)15-17-7-4-5-8-17;/h11-12,17-19,25H,4-10,13-15H2,1-3H3,(H,31,32);1H/t18?,19-;/m0./s1. The molecule has 0 radical (unpaired) electrons. The minimum absolute atomic E-state index is 0.